The summed E-state index contributed by atoms with van der Waals surface area (Å²) in [6.45, 7) is 11.3. The minimum absolute atomic E-state index is 0.0645. The number of rotatable bonds is 43. The van der Waals surface area contributed by atoms with Gasteiger partial charge >= 0.3 is 17.9 Å². The molecular weight excluding hydrogens is 685 g/mol. The van der Waals surface area contributed by atoms with E-state index < -0.39 is 6.10 Å². The molecule has 0 unspecified atom stereocenters. The van der Waals surface area contributed by atoms with E-state index in [9.17, 15) is 14.4 Å². The Morgan fingerprint density at radius 3 is 0.891 bits per heavy atom. The van der Waals surface area contributed by atoms with Crippen LogP contribution in [-0.4, -0.2) is 37.2 Å². The van der Waals surface area contributed by atoms with Crippen LogP contribution in [0.2, 0.25) is 0 Å². The van der Waals surface area contributed by atoms with Gasteiger partial charge < -0.3 is 14.2 Å². The maximum atomic E-state index is 12.7. The zero-order valence-corrected chi connectivity index (χ0v) is 37.6. The minimum atomic E-state index is -0.761. The lowest BCUT2D eigenvalue weighted by molar-refractivity contribution is -0.167. The highest BCUT2D eigenvalue weighted by molar-refractivity contribution is 5.71. The monoisotopic (exact) mass is 779 g/mol. The quantitative estimate of drug-likeness (QED) is 0.0348. The first-order valence-corrected chi connectivity index (χ1v) is 24.2. The largest absolute Gasteiger partial charge is 0.462 e. The molecule has 0 saturated carbocycles. The van der Waals surface area contributed by atoms with Gasteiger partial charge in [0.2, 0.25) is 0 Å². The summed E-state index contributed by atoms with van der Waals surface area (Å²) in [6.07, 6.45) is 40.9. The van der Waals surface area contributed by atoms with Gasteiger partial charge in [-0.1, -0.05) is 227 Å². The van der Waals surface area contributed by atoms with Crippen molar-refractivity contribution in [1.29, 1.82) is 0 Å². The zero-order valence-electron chi connectivity index (χ0n) is 37.6. The first kappa shape index (κ1) is 53.4. The molecule has 0 bridgehead atoms. The number of ether oxygens (including phenoxy) is 3. The second-order valence-electron chi connectivity index (χ2n) is 17.7. The van der Waals surface area contributed by atoms with E-state index in [0.29, 0.717) is 19.3 Å². The molecular formula is C49H94O6. The van der Waals surface area contributed by atoms with Crippen LogP contribution >= 0.6 is 0 Å². The van der Waals surface area contributed by atoms with Gasteiger partial charge in [0.25, 0.3) is 0 Å². The van der Waals surface area contributed by atoms with Gasteiger partial charge in [-0.25, -0.2) is 0 Å². The third-order valence-electron chi connectivity index (χ3n) is 11.0. The molecule has 0 aliphatic carbocycles. The number of carbonyl (C=O) groups is 3. The average Bonchev–Trinajstić information content (AvgIpc) is 3.15. The summed E-state index contributed by atoms with van der Waals surface area (Å²) >= 11 is 0. The van der Waals surface area contributed by atoms with Crippen molar-refractivity contribution in [2.24, 2.45) is 11.8 Å². The van der Waals surface area contributed by atoms with Crippen molar-refractivity contribution < 1.29 is 28.6 Å². The summed E-state index contributed by atoms with van der Waals surface area (Å²) < 4.78 is 16.8. The van der Waals surface area contributed by atoms with Crippen LogP contribution in [0.3, 0.4) is 0 Å². The van der Waals surface area contributed by atoms with Crippen LogP contribution in [-0.2, 0) is 28.6 Å². The van der Waals surface area contributed by atoms with E-state index in [4.69, 9.17) is 14.2 Å². The van der Waals surface area contributed by atoms with Crippen molar-refractivity contribution in [3.05, 3.63) is 0 Å². The molecule has 6 heteroatoms. The van der Waals surface area contributed by atoms with Crippen molar-refractivity contribution in [3.63, 3.8) is 0 Å². The number of hydrogen-bond donors (Lipinski definition) is 0. The fourth-order valence-corrected chi connectivity index (χ4v) is 7.28. The molecule has 0 heterocycles. The van der Waals surface area contributed by atoms with Crippen LogP contribution in [0, 0.1) is 11.8 Å². The SMILES string of the molecule is CCCCCCCCCCCCCCC(=O)O[C@@H](COC(=O)CCCCCCCCCCCCC(C)C)COC(=O)CCCCCCCCCCCC(C)C. The van der Waals surface area contributed by atoms with Crippen LogP contribution in [0.1, 0.15) is 266 Å². The predicted octanol–water partition coefficient (Wildman–Crippen LogP) is 15.4. The Bertz CT molecular complexity index is 839. The van der Waals surface area contributed by atoms with Gasteiger partial charge in [0.05, 0.1) is 0 Å². The van der Waals surface area contributed by atoms with Gasteiger partial charge in [0.1, 0.15) is 13.2 Å². The van der Waals surface area contributed by atoms with Gasteiger partial charge in [-0.2, -0.15) is 0 Å². The minimum Gasteiger partial charge on any atom is -0.462 e. The molecule has 326 valence electrons. The molecule has 0 amide bonds. The molecule has 0 radical (unpaired) electrons. The molecule has 0 spiro atoms. The lowest BCUT2D eigenvalue weighted by Gasteiger charge is -2.18. The molecule has 0 aromatic rings. The molecule has 0 N–H and O–H groups in total. The number of hydrogen-bond acceptors (Lipinski definition) is 6. The normalized spacial score (nSPS) is 12.1. The molecule has 0 saturated heterocycles. The number of unbranched alkanes of at least 4 members (excludes halogenated alkanes) is 28. The average molecular weight is 779 g/mol. The van der Waals surface area contributed by atoms with Crippen molar-refractivity contribution in [1.82, 2.24) is 0 Å². The molecule has 55 heavy (non-hydrogen) atoms. The third-order valence-corrected chi connectivity index (χ3v) is 11.0. The van der Waals surface area contributed by atoms with Crippen LogP contribution in [0.25, 0.3) is 0 Å². The lowest BCUT2D eigenvalue weighted by atomic mass is 10.0. The highest BCUT2D eigenvalue weighted by atomic mass is 16.6. The number of esters is 3. The van der Waals surface area contributed by atoms with E-state index in [1.165, 1.54) is 154 Å². The Morgan fingerprint density at radius 2 is 0.600 bits per heavy atom. The standard InChI is InChI=1S/C49H94O6/c1-6-7-8-9-10-11-12-13-20-26-31-36-41-49(52)55-46(43-54-48(51)40-35-30-25-21-16-18-23-28-33-38-45(4)5)42-53-47(50)39-34-29-24-19-15-14-17-22-27-32-37-44(2)3/h44-46H,6-43H2,1-5H3/t46-/m0/s1. The van der Waals surface area contributed by atoms with E-state index in [1.807, 2.05) is 0 Å². The number of carbonyl (C=O) groups excluding carboxylic acids is 3. The van der Waals surface area contributed by atoms with Gasteiger partial charge in [-0.15, -0.1) is 0 Å². The Balaban J connectivity index is 4.33. The summed E-state index contributed by atoms with van der Waals surface area (Å²) in [7, 11) is 0. The van der Waals surface area contributed by atoms with E-state index in [1.54, 1.807) is 0 Å². The summed E-state index contributed by atoms with van der Waals surface area (Å²) in [5.41, 5.74) is 0. The summed E-state index contributed by atoms with van der Waals surface area (Å²) in [5, 5.41) is 0. The van der Waals surface area contributed by atoms with Gasteiger partial charge in [0.15, 0.2) is 6.10 Å². The lowest BCUT2D eigenvalue weighted by Crippen LogP contribution is -2.30. The molecule has 0 aromatic carbocycles. The maximum absolute atomic E-state index is 12.7. The maximum Gasteiger partial charge on any atom is 0.306 e. The topological polar surface area (TPSA) is 78.9 Å². The van der Waals surface area contributed by atoms with Gasteiger partial charge in [-0.05, 0) is 31.1 Å². The predicted molar refractivity (Wildman–Crippen MR) is 233 cm³/mol. The third kappa shape index (κ3) is 43.4. The van der Waals surface area contributed by atoms with Crippen molar-refractivity contribution in [2.45, 2.75) is 272 Å². The highest BCUT2D eigenvalue weighted by Crippen LogP contribution is 2.17. The second-order valence-corrected chi connectivity index (χ2v) is 17.7. The highest BCUT2D eigenvalue weighted by Gasteiger charge is 2.19. The summed E-state index contributed by atoms with van der Waals surface area (Å²) in [6, 6.07) is 0. The smallest absolute Gasteiger partial charge is 0.306 e. The Hall–Kier alpha value is -1.59. The van der Waals surface area contributed by atoms with Crippen LogP contribution in [0.5, 0.6) is 0 Å². The van der Waals surface area contributed by atoms with E-state index in [0.717, 1.165) is 69.6 Å². The molecule has 0 rings (SSSR count). The van der Waals surface area contributed by atoms with Gasteiger partial charge in [-0.3, -0.25) is 14.4 Å². The van der Waals surface area contributed by atoms with Crippen LogP contribution in [0.15, 0.2) is 0 Å². The van der Waals surface area contributed by atoms with Crippen molar-refractivity contribution >= 4 is 17.9 Å². The Morgan fingerprint density at radius 1 is 0.345 bits per heavy atom. The zero-order chi connectivity index (χ0) is 40.5. The molecule has 0 fully saturated rings. The van der Waals surface area contributed by atoms with Crippen molar-refractivity contribution in [2.75, 3.05) is 13.2 Å². The van der Waals surface area contributed by atoms with Crippen LogP contribution < -0.4 is 0 Å². The fraction of sp³-hybridized carbons (Fsp3) is 0.939. The summed E-state index contributed by atoms with van der Waals surface area (Å²) in [4.78, 5) is 37.8. The van der Waals surface area contributed by atoms with E-state index in [-0.39, 0.29) is 31.1 Å². The van der Waals surface area contributed by atoms with E-state index >= 15 is 0 Å². The van der Waals surface area contributed by atoms with Gasteiger partial charge in [0, 0.05) is 19.3 Å². The first-order valence-electron chi connectivity index (χ1n) is 24.2. The van der Waals surface area contributed by atoms with Crippen molar-refractivity contribution in [3.8, 4) is 0 Å². The Labute approximate surface area is 342 Å². The molecule has 6 nitrogen and oxygen atoms in total. The molecule has 1 atom stereocenters. The summed E-state index contributed by atoms with van der Waals surface area (Å²) in [5.74, 6) is 0.773. The first-order chi connectivity index (χ1) is 26.7. The molecule has 0 aromatic heterocycles. The fourth-order valence-electron chi connectivity index (χ4n) is 7.28. The Kier molecular flexibility index (Phi) is 40.8. The molecule has 0 aliphatic rings. The molecule has 0 aliphatic heterocycles. The second kappa shape index (κ2) is 42.0. The van der Waals surface area contributed by atoms with E-state index in [2.05, 4.69) is 34.6 Å². The van der Waals surface area contributed by atoms with Crippen LogP contribution in [0.4, 0.5) is 0 Å².